The van der Waals surface area contributed by atoms with Gasteiger partial charge in [0, 0.05) is 30.0 Å². The molecule has 3 aromatic rings. The number of anilines is 2. The molecule has 8 heteroatoms. The highest BCUT2D eigenvalue weighted by Gasteiger charge is 2.18. The van der Waals surface area contributed by atoms with Gasteiger partial charge in [-0.1, -0.05) is 0 Å². The zero-order valence-electron chi connectivity index (χ0n) is 16.4. The van der Waals surface area contributed by atoms with Gasteiger partial charge in [-0.05, 0) is 32.9 Å². The van der Waals surface area contributed by atoms with Crippen LogP contribution in [-0.4, -0.2) is 56.9 Å². The van der Waals surface area contributed by atoms with Crippen molar-refractivity contribution in [3.05, 3.63) is 36.9 Å². The minimum absolute atomic E-state index is 0.0150. The molecule has 0 unspecified atom stereocenters. The van der Waals surface area contributed by atoms with Crippen LogP contribution in [0.25, 0.3) is 22.3 Å². The number of aliphatic hydroxyl groups is 1. The van der Waals surface area contributed by atoms with Crippen LogP contribution < -0.4 is 10.6 Å². The molecule has 0 spiro atoms. The molecule has 28 heavy (non-hydrogen) atoms. The van der Waals surface area contributed by atoms with E-state index in [1.165, 1.54) is 0 Å². The molecule has 0 aliphatic rings. The first kappa shape index (κ1) is 19.9. The summed E-state index contributed by atoms with van der Waals surface area (Å²) in [5.41, 5.74) is 2.29. The number of aromatic nitrogens is 4. The van der Waals surface area contributed by atoms with Crippen molar-refractivity contribution < 1.29 is 9.84 Å². The van der Waals surface area contributed by atoms with Gasteiger partial charge in [0.1, 0.15) is 5.82 Å². The highest BCUT2D eigenvalue weighted by Crippen LogP contribution is 2.31. The minimum Gasteiger partial charge on any atom is -0.394 e. The number of hydrogen-bond acceptors (Lipinski definition) is 8. The highest BCUT2D eigenvalue weighted by atomic mass is 16.5. The molecule has 3 N–H and O–H groups in total. The van der Waals surface area contributed by atoms with E-state index in [9.17, 15) is 0 Å². The third-order valence-corrected chi connectivity index (χ3v) is 3.84. The van der Waals surface area contributed by atoms with Crippen LogP contribution in [0.4, 0.5) is 11.5 Å². The predicted octanol–water partition coefficient (Wildman–Crippen LogP) is 2.72. The van der Waals surface area contributed by atoms with Crippen LogP contribution in [0.5, 0.6) is 0 Å². The fraction of sp³-hybridized carbons (Fsp3) is 0.400. The maximum Gasteiger partial charge on any atom is 0.162 e. The van der Waals surface area contributed by atoms with Crippen molar-refractivity contribution in [3.63, 3.8) is 0 Å². The summed E-state index contributed by atoms with van der Waals surface area (Å²) >= 11 is 0. The molecule has 0 bridgehead atoms. The second kappa shape index (κ2) is 8.90. The average Bonchev–Trinajstić information content (AvgIpc) is 2.67. The van der Waals surface area contributed by atoms with Crippen LogP contribution in [-0.2, 0) is 4.74 Å². The summed E-state index contributed by atoms with van der Waals surface area (Å²) < 4.78 is 5.32. The molecular weight excluding hydrogens is 356 g/mol. The summed E-state index contributed by atoms with van der Waals surface area (Å²) in [6, 6.07) is 3.77. The van der Waals surface area contributed by atoms with Gasteiger partial charge < -0.3 is 20.5 Å². The van der Waals surface area contributed by atoms with Crippen molar-refractivity contribution in [2.45, 2.75) is 26.3 Å². The van der Waals surface area contributed by atoms with Crippen LogP contribution in [0.2, 0.25) is 0 Å². The first-order chi connectivity index (χ1) is 13.5. The zero-order chi connectivity index (χ0) is 20.0. The van der Waals surface area contributed by atoms with Crippen molar-refractivity contribution in [1.29, 1.82) is 0 Å². The molecule has 3 aromatic heterocycles. The van der Waals surface area contributed by atoms with E-state index in [1.54, 1.807) is 24.8 Å². The SMILES string of the molecule is CC(C)(C)Nc1nc(-c2ccncc2)nc2cncc(NCCOCCO)c12. The molecular formula is C20H26N6O2. The fourth-order valence-corrected chi connectivity index (χ4v) is 2.72. The summed E-state index contributed by atoms with van der Waals surface area (Å²) in [5.74, 6) is 1.36. The second-order valence-electron chi connectivity index (χ2n) is 7.35. The number of hydrogen-bond donors (Lipinski definition) is 3. The standard InChI is InChI=1S/C20H26N6O2/c1-20(2,3)26-19-17-15(23-8-10-28-11-9-27)12-22-13-16(17)24-18(25-19)14-4-6-21-7-5-14/h4-7,12-13,23,27H,8-11H2,1-3H3,(H,24,25,26). The van der Waals surface area contributed by atoms with E-state index in [0.29, 0.717) is 25.6 Å². The topological polar surface area (TPSA) is 105 Å². The summed E-state index contributed by atoms with van der Waals surface area (Å²) in [6.45, 7) is 7.67. The van der Waals surface area contributed by atoms with Crippen molar-refractivity contribution >= 4 is 22.4 Å². The van der Waals surface area contributed by atoms with Crippen LogP contribution >= 0.6 is 0 Å². The normalized spacial score (nSPS) is 11.6. The van der Waals surface area contributed by atoms with Gasteiger partial charge >= 0.3 is 0 Å². The van der Waals surface area contributed by atoms with Gasteiger partial charge in [-0.2, -0.15) is 0 Å². The van der Waals surface area contributed by atoms with Crippen molar-refractivity contribution in [3.8, 4) is 11.4 Å². The van der Waals surface area contributed by atoms with Gasteiger partial charge in [0.2, 0.25) is 0 Å². The van der Waals surface area contributed by atoms with Crippen molar-refractivity contribution in [2.24, 2.45) is 0 Å². The first-order valence-electron chi connectivity index (χ1n) is 9.25. The molecule has 0 atom stereocenters. The molecule has 0 aromatic carbocycles. The van der Waals surface area contributed by atoms with Gasteiger partial charge in [0.25, 0.3) is 0 Å². The molecule has 3 heterocycles. The maximum atomic E-state index is 8.80. The van der Waals surface area contributed by atoms with Crippen molar-refractivity contribution in [1.82, 2.24) is 19.9 Å². The van der Waals surface area contributed by atoms with Crippen LogP contribution in [0.15, 0.2) is 36.9 Å². The molecule has 0 fully saturated rings. The number of pyridine rings is 2. The van der Waals surface area contributed by atoms with Gasteiger partial charge in [0.15, 0.2) is 5.82 Å². The minimum atomic E-state index is -0.179. The van der Waals surface area contributed by atoms with Crippen molar-refractivity contribution in [2.75, 3.05) is 37.0 Å². The lowest BCUT2D eigenvalue weighted by atomic mass is 10.1. The predicted molar refractivity (Wildman–Crippen MR) is 110 cm³/mol. The third kappa shape index (κ3) is 5.11. The largest absolute Gasteiger partial charge is 0.394 e. The molecule has 0 radical (unpaired) electrons. The average molecular weight is 382 g/mol. The van der Waals surface area contributed by atoms with E-state index >= 15 is 0 Å². The first-order valence-corrected chi connectivity index (χ1v) is 9.25. The molecule has 0 saturated heterocycles. The smallest absolute Gasteiger partial charge is 0.162 e. The quantitative estimate of drug-likeness (QED) is 0.511. The molecule has 0 aliphatic heterocycles. The number of rotatable bonds is 8. The third-order valence-electron chi connectivity index (χ3n) is 3.84. The van der Waals surface area contributed by atoms with E-state index in [0.717, 1.165) is 28.0 Å². The molecule has 8 nitrogen and oxygen atoms in total. The number of nitrogens with zero attached hydrogens (tertiary/aromatic N) is 4. The number of nitrogens with one attached hydrogen (secondary N) is 2. The van der Waals surface area contributed by atoms with Gasteiger partial charge in [0.05, 0.1) is 48.8 Å². The molecule has 0 aliphatic carbocycles. The Morgan fingerprint density at radius 2 is 1.82 bits per heavy atom. The molecule has 148 valence electrons. The number of fused-ring (bicyclic) bond motifs is 1. The van der Waals surface area contributed by atoms with Crippen LogP contribution in [0.1, 0.15) is 20.8 Å². The van der Waals surface area contributed by atoms with Gasteiger partial charge in [-0.15, -0.1) is 0 Å². The van der Waals surface area contributed by atoms with Gasteiger partial charge in [-0.3, -0.25) is 9.97 Å². The Balaban J connectivity index is 2.01. The Kier molecular flexibility index (Phi) is 6.33. The van der Waals surface area contributed by atoms with Gasteiger partial charge in [-0.25, -0.2) is 9.97 Å². The molecule has 3 rings (SSSR count). The lowest BCUT2D eigenvalue weighted by Gasteiger charge is -2.23. The van der Waals surface area contributed by atoms with E-state index in [2.05, 4.69) is 41.4 Å². The van der Waals surface area contributed by atoms with Crippen LogP contribution in [0, 0.1) is 0 Å². The number of ether oxygens (including phenoxy) is 1. The Morgan fingerprint density at radius 3 is 2.54 bits per heavy atom. The highest BCUT2D eigenvalue weighted by molar-refractivity contribution is 6.00. The lowest BCUT2D eigenvalue weighted by molar-refractivity contribution is 0.0992. The zero-order valence-corrected chi connectivity index (χ0v) is 16.4. The summed E-state index contributed by atoms with van der Waals surface area (Å²) in [7, 11) is 0. The number of aliphatic hydroxyl groups excluding tert-OH is 1. The Morgan fingerprint density at radius 1 is 1.04 bits per heavy atom. The van der Waals surface area contributed by atoms with E-state index in [1.807, 2.05) is 12.1 Å². The Labute approximate surface area is 164 Å². The summed E-state index contributed by atoms with van der Waals surface area (Å²) in [6.07, 6.45) is 6.95. The molecule has 0 amide bonds. The van der Waals surface area contributed by atoms with E-state index in [4.69, 9.17) is 19.8 Å². The van der Waals surface area contributed by atoms with E-state index in [-0.39, 0.29) is 12.1 Å². The fourth-order valence-electron chi connectivity index (χ4n) is 2.72. The second-order valence-corrected chi connectivity index (χ2v) is 7.35. The Bertz CT molecular complexity index is 912. The maximum absolute atomic E-state index is 8.80. The summed E-state index contributed by atoms with van der Waals surface area (Å²) in [5, 5.41) is 16.5. The molecule has 0 saturated carbocycles. The lowest BCUT2D eigenvalue weighted by Crippen LogP contribution is -2.27. The monoisotopic (exact) mass is 382 g/mol. The Hall–Kier alpha value is -2.84. The van der Waals surface area contributed by atoms with Crippen LogP contribution in [0.3, 0.4) is 0 Å². The van der Waals surface area contributed by atoms with E-state index < -0.39 is 0 Å². The summed E-state index contributed by atoms with van der Waals surface area (Å²) in [4.78, 5) is 17.9.